The van der Waals surface area contributed by atoms with Crippen molar-refractivity contribution >= 4 is 32.3 Å². The fourth-order valence-corrected chi connectivity index (χ4v) is 5.98. The Bertz CT molecular complexity index is 1740. The van der Waals surface area contributed by atoms with Gasteiger partial charge in [-0.1, -0.05) is 6.08 Å². The van der Waals surface area contributed by atoms with Gasteiger partial charge in [-0.15, -0.1) is 0 Å². The maximum Gasteiger partial charge on any atom is 0.301 e. The normalized spacial score (nSPS) is 15.3. The fraction of sp³-hybridized carbons (Fsp3) is 0.280. The van der Waals surface area contributed by atoms with E-state index in [1.807, 2.05) is 25.4 Å². The lowest BCUT2D eigenvalue weighted by Gasteiger charge is -2.29. The quantitative estimate of drug-likeness (QED) is 0.364. The molecule has 0 amide bonds. The molecule has 0 aromatic carbocycles. The number of fused-ring (bicyclic) bond motifs is 2. The molecule has 10 nitrogen and oxygen atoms in total. The van der Waals surface area contributed by atoms with E-state index in [-0.39, 0.29) is 5.03 Å². The van der Waals surface area contributed by atoms with Crippen molar-refractivity contribution in [1.29, 1.82) is 0 Å². The van der Waals surface area contributed by atoms with Crippen LogP contribution in [0.25, 0.3) is 33.4 Å². The topological polar surface area (TPSA) is 103 Å². The number of nitrogens with zero attached hydrogens (tertiary/aromatic N) is 8. The molecule has 6 heterocycles. The van der Waals surface area contributed by atoms with Crippen LogP contribution in [0.5, 0.6) is 0 Å². The van der Waals surface area contributed by atoms with Crippen molar-refractivity contribution in [3.8, 4) is 11.1 Å². The zero-order chi connectivity index (χ0) is 25.0. The average Bonchev–Trinajstić information content (AvgIpc) is 3.61. The summed E-state index contributed by atoms with van der Waals surface area (Å²) < 4.78 is 32.0. The first kappa shape index (κ1) is 22.6. The van der Waals surface area contributed by atoms with Crippen molar-refractivity contribution < 1.29 is 8.42 Å². The highest BCUT2D eigenvalue weighted by Crippen LogP contribution is 2.28. The van der Waals surface area contributed by atoms with Gasteiger partial charge in [0.05, 0.1) is 18.6 Å². The number of pyridine rings is 2. The molecule has 5 aromatic heterocycles. The third kappa shape index (κ3) is 3.71. The van der Waals surface area contributed by atoms with Crippen LogP contribution in [0, 0.1) is 0 Å². The average molecular weight is 503 g/mol. The van der Waals surface area contributed by atoms with Gasteiger partial charge in [0.1, 0.15) is 16.7 Å². The van der Waals surface area contributed by atoms with Crippen LogP contribution in [-0.4, -0.2) is 65.8 Å². The van der Waals surface area contributed by atoms with Crippen LogP contribution in [0.4, 0.5) is 0 Å². The van der Waals surface area contributed by atoms with E-state index in [2.05, 4.69) is 45.0 Å². The van der Waals surface area contributed by atoms with Crippen LogP contribution in [0.15, 0.2) is 66.5 Å². The Morgan fingerprint density at radius 1 is 0.944 bits per heavy atom. The molecule has 0 bridgehead atoms. The number of hydrogen-bond donors (Lipinski definition) is 0. The Morgan fingerprint density at radius 3 is 2.53 bits per heavy atom. The van der Waals surface area contributed by atoms with Gasteiger partial charge in [-0.25, -0.2) is 4.98 Å². The Kier molecular flexibility index (Phi) is 5.27. The molecule has 0 atom stereocenters. The van der Waals surface area contributed by atoms with Crippen molar-refractivity contribution in [2.75, 3.05) is 13.1 Å². The zero-order valence-electron chi connectivity index (χ0n) is 20.3. The van der Waals surface area contributed by atoms with Crippen LogP contribution in [0.3, 0.4) is 0 Å². The smallest absolute Gasteiger partial charge is 0.297 e. The highest BCUT2D eigenvalue weighted by Gasteiger charge is 2.26. The van der Waals surface area contributed by atoms with E-state index in [0.29, 0.717) is 22.7 Å². The molecule has 11 heteroatoms. The summed E-state index contributed by atoms with van der Waals surface area (Å²) in [4.78, 5) is 11.2. The molecule has 1 aliphatic rings. The van der Waals surface area contributed by atoms with Crippen molar-refractivity contribution in [2.24, 2.45) is 7.05 Å². The van der Waals surface area contributed by atoms with Gasteiger partial charge in [-0.05, 0) is 49.6 Å². The molecule has 0 saturated carbocycles. The van der Waals surface area contributed by atoms with Crippen molar-refractivity contribution in [3.63, 3.8) is 0 Å². The summed E-state index contributed by atoms with van der Waals surface area (Å²) in [5.74, 6) is 0. The summed E-state index contributed by atoms with van der Waals surface area (Å²) in [6, 6.07) is 6.04. The minimum atomic E-state index is -4.05. The first-order valence-corrected chi connectivity index (χ1v) is 13.2. The van der Waals surface area contributed by atoms with Gasteiger partial charge in [0, 0.05) is 55.9 Å². The van der Waals surface area contributed by atoms with Crippen LogP contribution in [0.1, 0.15) is 25.8 Å². The molecule has 0 spiro atoms. The summed E-state index contributed by atoms with van der Waals surface area (Å²) in [5, 5.41) is 8.46. The van der Waals surface area contributed by atoms with Gasteiger partial charge in [0.15, 0.2) is 5.03 Å². The highest BCUT2D eigenvalue weighted by molar-refractivity contribution is 7.90. The Morgan fingerprint density at radius 2 is 1.81 bits per heavy atom. The van der Waals surface area contributed by atoms with Gasteiger partial charge in [0.2, 0.25) is 0 Å². The standard InChI is InChI=1S/C25H26N8O2S/c1-17(2)31-8-6-18(7-9-31)20-10-23-22(26-11-20)13-29-33(23)36(34,35)25-14-27-24-5-4-19(16-32(24)25)21-12-28-30(3)15-21/h4-6,10-17H,7-9H2,1-3H3. The van der Waals surface area contributed by atoms with Gasteiger partial charge in [0.25, 0.3) is 0 Å². The van der Waals surface area contributed by atoms with Crippen LogP contribution in [0.2, 0.25) is 0 Å². The maximum absolute atomic E-state index is 13.8. The molecule has 0 radical (unpaired) electrons. The third-order valence-corrected chi connectivity index (χ3v) is 8.31. The molecule has 0 aliphatic carbocycles. The van der Waals surface area contributed by atoms with Crippen molar-refractivity contribution in [1.82, 2.24) is 38.2 Å². The summed E-state index contributed by atoms with van der Waals surface area (Å²) in [5.41, 5.74) is 5.29. The zero-order valence-corrected chi connectivity index (χ0v) is 21.1. The highest BCUT2D eigenvalue weighted by atomic mass is 32.2. The Labute approximate surface area is 208 Å². The maximum atomic E-state index is 13.8. The lowest BCUT2D eigenvalue weighted by atomic mass is 10.00. The molecule has 0 unspecified atom stereocenters. The molecule has 1 aliphatic heterocycles. The first-order valence-electron chi connectivity index (χ1n) is 11.8. The second-order valence-corrected chi connectivity index (χ2v) is 11.0. The third-order valence-electron chi connectivity index (χ3n) is 6.73. The second-order valence-electron chi connectivity index (χ2n) is 9.33. The summed E-state index contributed by atoms with van der Waals surface area (Å²) in [7, 11) is -2.21. The van der Waals surface area contributed by atoms with Crippen LogP contribution >= 0.6 is 0 Å². The summed E-state index contributed by atoms with van der Waals surface area (Å²) in [6.45, 7) is 6.20. The fourth-order valence-electron chi connectivity index (χ4n) is 4.65. The van der Waals surface area contributed by atoms with Gasteiger partial charge in [-0.3, -0.25) is 19.0 Å². The predicted molar refractivity (Wildman–Crippen MR) is 137 cm³/mol. The molecule has 36 heavy (non-hydrogen) atoms. The monoisotopic (exact) mass is 502 g/mol. The van der Waals surface area contributed by atoms with Gasteiger partial charge < -0.3 is 0 Å². The molecule has 5 aromatic rings. The lowest BCUT2D eigenvalue weighted by molar-refractivity contribution is 0.245. The first-order chi connectivity index (χ1) is 17.3. The SMILES string of the molecule is CC(C)N1CC=C(c2cnc3cnn(S(=O)(=O)c4cnc5ccc(-c6cnn(C)c6)cn45)c3c2)CC1. The molecular formula is C25H26N8O2S. The van der Waals surface area contributed by atoms with E-state index < -0.39 is 10.0 Å². The minimum absolute atomic E-state index is 0.0306. The number of imidazole rings is 1. The van der Waals surface area contributed by atoms with E-state index in [4.69, 9.17) is 0 Å². The Hall–Kier alpha value is -3.83. The molecule has 0 saturated heterocycles. The van der Waals surface area contributed by atoms with Crippen molar-refractivity contribution in [3.05, 3.63) is 67.0 Å². The van der Waals surface area contributed by atoms with Crippen LogP contribution < -0.4 is 0 Å². The Balaban J connectivity index is 1.42. The van der Waals surface area contributed by atoms with Gasteiger partial charge in [-0.2, -0.15) is 22.7 Å². The minimum Gasteiger partial charge on any atom is -0.297 e. The van der Waals surface area contributed by atoms with E-state index in [1.165, 1.54) is 18.0 Å². The van der Waals surface area contributed by atoms with E-state index >= 15 is 0 Å². The molecule has 0 fully saturated rings. The molecule has 0 N–H and O–H groups in total. The number of rotatable bonds is 5. The predicted octanol–water partition coefficient (Wildman–Crippen LogP) is 3.21. The second kappa shape index (κ2) is 8.38. The van der Waals surface area contributed by atoms with E-state index in [1.54, 1.807) is 33.7 Å². The molecule has 6 rings (SSSR count). The number of hydrogen-bond acceptors (Lipinski definition) is 7. The molecule has 184 valence electrons. The van der Waals surface area contributed by atoms with E-state index in [9.17, 15) is 8.42 Å². The van der Waals surface area contributed by atoms with Crippen molar-refractivity contribution in [2.45, 2.75) is 31.3 Å². The van der Waals surface area contributed by atoms with Crippen LogP contribution in [-0.2, 0) is 17.1 Å². The number of aromatic nitrogens is 7. The molecular weight excluding hydrogens is 476 g/mol. The summed E-state index contributed by atoms with van der Waals surface area (Å²) >= 11 is 0. The number of aryl methyl sites for hydroxylation is 1. The van der Waals surface area contributed by atoms with E-state index in [0.717, 1.165) is 40.3 Å². The largest absolute Gasteiger partial charge is 0.301 e. The summed E-state index contributed by atoms with van der Waals surface area (Å²) in [6.07, 6.45) is 13.1. The lowest BCUT2D eigenvalue weighted by Crippen LogP contribution is -2.34. The van der Waals surface area contributed by atoms with Gasteiger partial charge >= 0.3 is 10.0 Å².